The lowest BCUT2D eigenvalue weighted by molar-refractivity contribution is 0.900. The lowest BCUT2D eigenvalue weighted by Crippen LogP contribution is -2.01. The molecule has 1 aromatic heterocycles. The average molecular weight is 277 g/mol. The Bertz CT molecular complexity index is 704. The van der Waals surface area contributed by atoms with Crippen LogP contribution in [0.2, 0.25) is 5.02 Å². The molecule has 0 radical (unpaired) electrons. The van der Waals surface area contributed by atoms with Gasteiger partial charge in [0.25, 0.3) is 0 Å². The van der Waals surface area contributed by atoms with Gasteiger partial charge in [-0.1, -0.05) is 41.9 Å². The molecule has 4 heteroatoms. The Labute approximate surface area is 115 Å². The van der Waals surface area contributed by atoms with Crippen LogP contribution >= 0.6 is 23.2 Å². The minimum absolute atomic E-state index is 0.407. The maximum atomic E-state index is 6.28. The minimum Gasteiger partial charge on any atom is -0.231 e. The van der Waals surface area contributed by atoms with Crippen LogP contribution in [0.15, 0.2) is 48.7 Å². The standard InChI is InChI=1S/C14H10Cl2N2/c15-8-10-5-3-6-12(16)14(10)18-13-7-2-1-4-11(13)9-17-18/h1-7,9H,8H2. The van der Waals surface area contributed by atoms with Crippen LogP contribution in [0.4, 0.5) is 0 Å². The van der Waals surface area contributed by atoms with Crippen molar-refractivity contribution < 1.29 is 0 Å². The highest BCUT2D eigenvalue weighted by molar-refractivity contribution is 6.32. The van der Waals surface area contributed by atoms with Crippen LogP contribution in [-0.2, 0) is 5.88 Å². The van der Waals surface area contributed by atoms with Gasteiger partial charge in [0.2, 0.25) is 0 Å². The van der Waals surface area contributed by atoms with Crippen LogP contribution < -0.4 is 0 Å². The molecule has 3 aromatic rings. The summed E-state index contributed by atoms with van der Waals surface area (Å²) in [6.07, 6.45) is 1.83. The summed E-state index contributed by atoms with van der Waals surface area (Å²) in [5, 5.41) is 6.14. The van der Waals surface area contributed by atoms with Crippen molar-refractivity contribution in [3.05, 3.63) is 59.2 Å². The number of benzene rings is 2. The Kier molecular flexibility index (Phi) is 2.98. The van der Waals surface area contributed by atoms with Crippen molar-refractivity contribution in [3.63, 3.8) is 0 Å². The molecule has 0 aliphatic rings. The highest BCUT2D eigenvalue weighted by Crippen LogP contribution is 2.28. The molecule has 0 amide bonds. The average Bonchev–Trinajstić information content (AvgIpc) is 2.82. The summed E-state index contributed by atoms with van der Waals surface area (Å²) < 4.78 is 1.84. The summed E-state index contributed by atoms with van der Waals surface area (Å²) >= 11 is 12.3. The smallest absolute Gasteiger partial charge is 0.0883 e. The Hall–Kier alpha value is -1.51. The third-order valence-electron chi connectivity index (χ3n) is 2.90. The molecule has 3 rings (SSSR count). The quantitative estimate of drug-likeness (QED) is 0.634. The lowest BCUT2D eigenvalue weighted by atomic mass is 10.2. The molecule has 1 heterocycles. The fraction of sp³-hybridized carbons (Fsp3) is 0.0714. The van der Waals surface area contributed by atoms with Crippen molar-refractivity contribution in [2.75, 3.05) is 0 Å². The van der Waals surface area contributed by atoms with Gasteiger partial charge < -0.3 is 0 Å². The molecule has 0 bridgehead atoms. The van der Waals surface area contributed by atoms with E-state index in [2.05, 4.69) is 5.10 Å². The van der Waals surface area contributed by atoms with Crippen LogP contribution in [0.1, 0.15) is 5.56 Å². The number of aromatic nitrogens is 2. The Balaban J connectivity index is 2.33. The van der Waals surface area contributed by atoms with Crippen molar-refractivity contribution in [2.24, 2.45) is 0 Å². The first-order valence-electron chi connectivity index (χ1n) is 5.58. The summed E-state index contributed by atoms with van der Waals surface area (Å²) in [5.41, 5.74) is 2.85. The molecule has 90 valence electrons. The zero-order chi connectivity index (χ0) is 12.5. The normalized spacial score (nSPS) is 11.0. The Morgan fingerprint density at radius 1 is 1.06 bits per heavy atom. The van der Waals surface area contributed by atoms with E-state index in [9.17, 15) is 0 Å². The highest BCUT2D eigenvalue weighted by Gasteiger charge is 2.11. The van der Waals surface area contributed by atoms with Gasteiger partial charge in [-0.05, 0) is 17.7 Å². The molecule has 0 atom stereocenters. The Morgan fingerprint density at radius 3 is 2.72 bits per heavy atom. The zero-order valence-electron chi connectivity index (χ0n) is 9.48. The maximum Gasteiger partial charge on any atom is 0.0883 e. The molecule has 0 N–H and O–H groups in total. The van der Waals surface area contributed by atoms with Crippen molar-refractivity contribution in [1.29, 1.82) is 0 Å². The second-order valence-corrected chi connectivity index (χ2v) is 4.67. The number of hydrogen-bond acceptors (Lipinski definition) is 1. The summed E-state index contributed by atoms with van der Waals surface area (Å²) in [5.74, 6) is 0.407. The molecule has 0 saturated carbocycles. The van der Waals surface area contributed by atoms with E-state index in [1.165, 1.54) is 0 Å². The summed E-state index contributed by atoms with van der Waals surface area (Å²) in [6, 6.07) is 13.7. The largest absolute Gasteiger partial charge is 0.231 e. The number of fused-ring (bicyclic) bond motifs is 1. The predicted octanol–water partition coefficient (Wildman–Crippen LogP) is 4.42. The molecule has 0 fully saturated rings. The second kappa shape index (κ2) is 4.63. The van der Waals surface area contributed by atoms with Crippen LogP contribution in [0.25, 0.3) is 16.6 Å². The van der Waals surface area contributed by atoms with Gasteiger partial charge in [-0.15, -0.1) is 11.6 Å². The van der Waals surface area contributed by atoms with Crippen LogP contribution in [0.5, 0.6) is 0 Å². The summed E-state index contributed by atoms with van der Waals surface area (Å²) in [6.45, 7) is 0. The molecule has 0 unspecified atom stereocenters. The number of halogens is 2. The maximum absolute atomic E-state index is 6.28. The monoisotopic (exact) mass is 276 g/mol. The number of rotatable bonds is 2. The van der Waals surface area contributed by atoms with Gasteiger partial charge in [-0.3, -0.25) is 0 Å². The van der Waals surface area contributed by atoms with E-state index in [-0.39, 0.29) is 0 Å². The first kappa shape index (κ1) is 11.6. The fourth-order valence-corrected chi connectivity index (χ4v) is 2.54. The van der Waals surface area contributed by atoms with E-state index >= 15 is 0 Å². The van der Waals surface area contributed by atoms with E-state index in [0.717, 1.165) is 22.2 Å². The van der Waals surface area contributed by atoms with Crippen molar-refractivity contribution in [1.82, 2.24) is 9.78 Å². The number of hydrogen-bond donors (Lipinski definition) is 0. The van der Waals surface area contributed by atoms with Crippen molar-refractivity contribution >= 4 is 34.1 Å². The SMILES string of the molecule is ClCc1cccc(Cl)c1-n1ncc2ccccc21. The van der Waals surface area contributed by atoms with Gasteiger partial charge in [0.05, 0.1) is 22.4 Å². The van der Waals surface area contributed by atoms with E-state index in [4.69, 9.17) is 23.2 Å². The van der Waals surface area contributed by atoms with Gasteiger partial charge in [-0.25, -0.2) is 4.68 Å². The molecule has 0 saturated heterocycles. The van der Waals surface area contributed by atoms with Gasteiger partial charge >= 0.3 is 0 Å². The first-order valence-corrected chi connectivity index (χ1v) is 6.49. The van der Waals surface area contributed by atoms with Crippen molar-refractivity contribution in [3.8, 4) is 5.69 Å². The zero-order valence-corrected chi connectivity index (χ0v) is 11.0. The van der Waals surface area contributed by atoms with E-state index in [1.54, 1.807) is 0 Å². The minimum atomic E-state index is 0.407. The Morgan fingerprint density at radius 2 is 1.89 bits per heavy atom. The molecule has 2 aromatic carbocycles. The summed E-state index contributed by atoms with van der Waals surface area (Å²) in [4.78, 5) is 0. The van der Waals surface area contributed by atoms with E-state index in [0.29, 0.717) is 10.9 Å². The van der Waals surface area contributed by atoms with Crippen LogP contribution in [-0.4, -0.2) is 9.78 Å². The van der Waals surface area contributed by atoms with E-state index in [1.807, 2.05) is 53.3 Å². The van der Waals surface area contributed by atoms with Crippen LogP contribution in [0, 0.1) is 0 Å². The van der Waals surface area contributed by atoms with E-state index < -0.39 is 0 Å². The number of alkyl halides is 1. The predicted molar refractivity (Wildman–Crippen MR) is 75.6 cm³/mol. The first-order chi connectivity index (χ1) is 8.81. The fourth-order valence-electron chi connectivity index (χ4n) is 2.05. The van der Waals surface area contributed by atoms with Gasteiger partial charge in [0.15, 0.2) is 0 Å². The molecular weight excluding hydrogens is 267 g/mol. The third-order valence-corrected chi connectivity index (χ3v) is 3.50. The molecular formula is C14H10Cl2N2. The van der Waals surface area contributed by atoms with Crippen LogP contribution in [0.3, 0.4) is 0 Å². The number of nitrogens with zero attached hydrogens (tertiary/aromatic N) is 2. The molecule has 2 nitrogen and oxygen atoms in total. The highest BCUT2D eigenvalue weighted by atomic mass is 35.5. The lowest BCUT2D eigenvalue weighted by Gasteiger charge is -2.10. The number of para-hydroxylation sites is 2. The van der Waals surface area contributed by atoms with Gasteiger partial charge in [0, 0.05) is 11.3 Å². The molecule has 0 spiro atoms. The topological polar surface area (TPSA) is 17.8 Å². The van der Waals surface area contributed by atoms with Crippen molar-refractivity contribution in [2.45, 2.75) is 5.88 Å². The summed E-state index contributed by atoms with van der Waals surface area (Å²) in [7, 11) is 0. The van der Waals surface area contributed by atoms with Gasteiger partial charge in [-0.2, -0.15) is 5.10 Å². The third kappa shape index (κ3) is 1.78. The molecule has 18 heavy (non-hydrogen) atoms. The molecule has 0 aliphatic heterocycles. The van der Waals surface area contributed by atoms with Gasteiger partial charge in [0.1, 0.15) is 0 Å². The molecule has 0 aliphatic carbocycles. The second-order valence-electron chi connectivity index (χ2n) is 4.00.